The van der Waals surface area contributed by atoms with E-state index < -0.39 is 27.6 Å². The lowest BCUT2D eigenvalue weighted by atomic mass is 10.1. The van der Waals surface area contributed by atoms with Crippen LogP contribution in [0.4, 0.5) is 13.2 Å². The lowest BCUT2D eigenvalue weighted by Crippen LogP contribution is -2.26. The maximum absolute atomic E-state index is 13.2. The third kappa shape index (κ3) is 4.58. The fourth-order valence-corrected chi connectivity index (χ4v) is 3.71. The summed E-state index contributed by atoms with van der Waals surface area (Å²) in [6.45, 7) is 3.75. The Morgan fingerprint density at radius 3 is 2.50 bits per heavy atom. The van der Waals surface area contributed by atoms with Crippen LogP contribution in [0.3, 0.4) is 0 Å². The minimum absolute atomic E-state index is 0.0361. The van der Waals surface area contributed by atoms with Crippen LogP contribution < -0.4 is 4.74 Å². The number of hydrogen-bond acceptors (Lipinski definition) is 5. The fourth-order valence-electron chi connectivity index (χ4n) is 3.06. The molecule has 0 fully saturated rings. The molecule has 0 saturated carbocycles. The highest BCUT2D eigenvalue weighted by Crippen LogP contribution is 2.33. The highest BCUT2D eigenvalue weighted by molar-refractivity contribution is 7.90. The molecule has 0 N–H and O–H groups in total. The van der Waals surface area contributed by atoms with E-state index in [-0.39, 0.29) is 35.4 Å². The number of sulfone groups is 1. The number of nitrogens with zero attached hydrogens (tertiary/aromatic N) is 2. The van der Waals surface area contributed by atoms with Gasteiger partial charge in [-0.15, -0.1) is 0 Å². The van der Waals surface area contributed by atoms with Crippen molar-refractivity contribution in [2.45, 2.75) is 50.5 Å². The molecule has 3 rings (SSSR count). The highest BCUT2D eigenvalue weighted by atomic mass is 32.2. The van der Waals surface area contributed by atoms with Gasteiger partial charge in [-0.05, 0) is 48.7 Å². The monoisotopic (exact) mass is 442 g/mol. The number of ether oxygens (including phenoxy) is 1. The third-order valence-electron chi connectivity index (χ3n) is 4.90. The van der Waals surface area contributed by atoms with Gasteiger partial charge in [-0.2, -0.15) is 13.2 Å². The van der Waals surface area contributed by atoms with Crippen LogP contribution in [-0.2, 0) is 29.1 Å². The topological polar surface area (TPSA) is 76.6 Å². The second-order valence-corrected chi connectivity index (χ2v) is 9.28. The van der Waals surface area contributed by atoms with Gasteiger partial charge in [-0.1, -0.05) is 6.92 Å². The molecular formula is C20H21F3N2O4S. The third-order valence-corrected chi connectivity index (χ3v) is 6.01. The summed E-state index contributed by atoms with van der Waals surface area (Å²) in [6.07, 6.45) is -1.97. The largest absolute Gasteiger partial charge is 0.490 e. The van der Waals surface area contributed by atoms with Gasteiger partial charge in [0.25, 0.3) is 5.91 Å². The second kappa shape index (κ2) is 7.90. The number of pyridine rings is 1. The Labute approximate surface area is 172 Å². The van der Waals surface area contributed by atoms with E-state index in [1.165, 1.54) is 23.1 Å². The Morgan fingerprint density at radius 1 is 1.23 bits per heavy atom. The molecule has 10 heteroatoms. The summed E-state index contributed by atoms with van der Waals surface area (Å²) < 4.78 is 68.5. The molecule has 1 aliphatic rings. The number of carbonyl (C=O) groups excluding carboxylic acids is 1. The van der Waals surface area contributed by atoms with Gasteiger partial charge in [0.2, 0.25) is 0 Å². The van der Waals surface area contributed by atoms with Crippen LogP contribution in [0.25, 0.3) is 0 Å². The van der Waals surface area contributed by atoms with Crippen LogP contribution in [0.1, 0.15) is 47.4 Å². The number of fused-ring (bicyclic) bond motifs is 1. The van der Waals surface area contributed by atoms with Crippen molar-refractivity contribution in [3.8, 4) is 5.75 Å². The second-order valence-electron chi connectivity index (χ2n) is 7.26. The Morgan fingerprint density at radius 2 is 1.90 bits per heavy atom. The first-order chi connectivity index (χ1) is 13.9. The van der Waals surface area contributed by atoms with Gasteiger partial charge < -0.3 is 9.64 Å². The van der Waals surface area contributed by atoms with E-state index in [1.807, 2.05) is 13.8 Å². The summed E-state index contributed by atoms with van der Waals surface area (Å²) in [5, 5.41) is 0. The molecular weight excluding hydrogens is 421 g/mol. The van der Waals surface area contributed by atoms with Gasteiger partial charge in [-0.25, -0.2) is 8.42 Å². The molecule has 1 aliphatic heterocycles. The van der Waals surface area contributed by atoms with E-state index in [1.54, 1.807) is 0 Å². The van der Waals surface area contributed by atoms with E-state index in [0.29, 0.717) is 17.5 Å². The Balaban J connectivity index is 1.95. The average molecular weight is 442 g/mol. The molecule has 30 heavy (non-hydrogen) atoms. The van der Waals surface area contributed by atoms with Crippen molar-refractivity contribution in [3.63, 3.8) is 0 Å². The zero-order valence-corrected chi connectivity index (χ0v) is 17.5. The van der Waals surface area contributed by atoms with Crippen LogP contribution in [0.2, 0.25) is 0 Å². The molecule has 1 amide bonds. The van der Waals surface area contributed by atoms with Gasteiger partial charge >= 0.3 is 6.18 Å². The number of benzene rings is 1. The minimum atomic E-state index is -4.58. The van der Waals surface area contributed by atoms with E-state index in [2.05, 4.69) is 4.98 Å². The summed E-state index contributed by atoms with van der Waals surface area (Å²) in [5.41, 5.74) is -0.0974. The van der Waals surface area contributed by atoms with E-state index in [4.69, 9.17) is 4.74 Å². The van der Waals surface area contributed by atoms with Crippen LogP contribution in [-0.4, -0.2) is 36.6 Å². The smallest absolute Gasteiger partial charge is 0.433 e. The predicted molar refractivity (Wildman–Crippen MR) is 103 cm³/mol. The lowest BCUT2D eigenvalue weighted by Gasteiger charge is -2.20. The van der Waals surface area contributed by atoms with Crippen molar-refractivity contribution in [2.24, 2.45) is 0 Å². The van der Waals surface area contributed by atoms with Gasteiger partial charge in [0, 0.05) is 25.5 Å². The average Bonchev–Trinajstić information content (AvgIpc) is 3.09. The summed E-state index contributed by atoms with van der Waals surface area (Å²) in [6, 6.07) is 4.98. The molecule has 2 aromatic rings. The molecule has 2 heterocycles. The van der Waals surface area contributed by atoms with Gasteiger partial charge in [0.15, 0.2) is 9.84 Å². The quantitative estimate of drug-likeness (QED) is 0.703. The van der Waals surface area contributed by atoms with Crippen molar-refractivity contribution >= 4 is 15.7 Å². The SMILES string of the molecule is CC[C@@H](C)Oc1ccc(S(C)(=O)=O)cc1C(=O)N1Cc2cnc(C(F)(F)F)cc2C1. The van der Waals surface area contributed by atoms with Gasteiger partial charge in [0.1, 0.15) is 11.4 Å². The number of carbonyl (C=O) groups is 1. The molecule has 0 unspecified atom stereocenters. The van der Waals surface area contributed by atoms with Crippen LogP contribution in [0.5, 0.6) is 5.75 Å². The molecule has 0 spiro atoms. The Hall–Kier alpha value is -2.62. The van der Waals surface area contributed by atoms with Crippen molar-refractivity contribution in [2.75, 3.05) is 6.26 Å². The Kier molecular flexibility index (Phi) is 5.81. The number of halogens is 3. The molecule has 1 atom stereocenters. The summed E-state index contributed by atoms with van der Waals surface area (Å²) in [4.78, 5) is 17.9. The molecule has 0 aliphatic carbocycles. The molecule has 0 bridgehead atoms. The van der Waals surface area contributed by atoms with Crippen molar-refractivity contribution in [1.29, 1.82) is 0 Å². The zero-order valence-electron chi connectivity index (χ0n) is 16.7. The molecule has 1 aromatic carbocycles. The first-order valence-corrected chi connectivity index (χ1v) is 11.1. The lowest BCUT2D eigenvalue weighted by molar-refractivity contribution is -0.141. The van der Waals surface area contributed by atoms with E-state index in [0.717, 1.165) is 18.5 Å². The molecule has 0 saturated heterocycles. The maximum atomic E-state index is 13.2. The highest BCUT2D eigenvalue weighted by Gasteiger charge is 2.35. The standard InChI is InChI=1S/C20H21F3N2O4S/c1-4-12(2)29-17-6-5-15(30(3,27)28)8-16(17)19(26)25-10-13-7-18(20(21,22)23)24-9-14(13)11-25/h5-9,12H,4,10-11H2,1-3H3/t12-/m1/s1. The maximum Gasteiger partial charge on any atom is 0.433 e. The van der Waals surface area contributed by atoms with Crippen molar-refractivity contribution in [1.82, 2.24) is 9.88 Å². The van der Waals surface area contributed by atoms with Gasteiger partial charge in [-0.3, -0.25) is 9.78 Å². The number of hydrogen-bond donors (Lipinski definition) is 0. The van der Waals surface area contributed by atoms with E-state index in [9.17, 15) is 26.4 Å². The van der Waals surface area contributed by atoms with Crippen molar-refractivity contribution in [3.05, 3.63) is 52.8 Å². The molecule has 6 nitrogen and oxygen atoms in total. The fraction of sp³-hybridized carbons (Fsp3) is 0.400. The number of rotatable bonds is 5. The molecule has 162 valence electrons. The zero-order chi connectivity index (χ0) is 22.3. The minimum Gasteiger partial charge on any atom is -0.490 e. The summed E-state index contributed by atoms with van der Waals surface area (Å²) in [5.74, 6) is -0.296. The molecule has 1 aromatic heterocycles. The number of aromatic nitrogens is 1. The first kappa shape index (κ1) is 22.1. The van der Waals surface area contributed by atoms with Crippen LogP contribution in [0, 0.1) is 0 Å². The summed E-state index contributed by atoms with van der Waals surface area (Å²) in [7, 11) is -3.57. The van der Waals surface area contributed by atoms with E-state index >= 15 is 0 Å². The number of alkyl halides is 3. The van der Waals surface area contributed by atoms with Crippen LogP contribution >= 0.6 is 0 Å². The predicted octanol–water partition coefficient (Wildman–Crippen LogP) is 3.84. The summed E-state index contributed by atoms with van der Waals surface area (Å²) >= 11 is 0. The van der Waals surface area contributed by atoms with Gasteiger partial charge in [0.05, 0.1) is 16.6 Å². The Bertz CT molecular complexity index is 1080. The van der Waals surface area contributed by atoms with Crippen molar-refractivity contribution < 1.29 is 31.1 Å². The molecule has 0 radical (unpaired) electrons. The van der Waals surface area contributed by atoms with Crippen LogP contribution in [0.15, 0.2) is 35.4 Å². The first-order valence-electron chi connectivity index (χ1n) is 9.25. The normalized spacial score (nSPS) is 15.1. The number of amides is 1.